The van der Waals surface area contributed by atoms with Gasteiger partial charge in [-0.3, -0.25) is 0 Å². The molecule has 1 rings (SSSR count). The summed E-state index contributed by atoms with van der Waals surface area (Å²) in [4.78, 5) is 7.85. The first-order valence-corrected chi connectivity index (χ1v) is 8.36. The molecule has 0 radical (unpaired) electrons. The highest BCUT2D eigenvalue weighted by Gasteiger charge is 2.14. The second-order valence-corrected chi connectivity index (χ2v) is 6.42. The number of halogens is 1. The minimum Gasteiger partial charge on any atom is -0.490 e. The van der Waals surface area contributed by atoms with Gasteiger partial charge in [0, 0.05) is 19.6 Å². The Morgan fingerprint density at radius 2 is 2.15 bits per heavy atom. The van der Waals surface area contributed by atoms with Crippen LogP contribution in [0.3, 0.4) is 0 Å². The van der Waals surface area contributed by atoms with Gasteiger partial charge in [0.25, 0.3) is 0 Å². The van der Waals surface area contributed by atoms with Crippen LogP contribution < -0.4 is 10.1 Å². The van der Waals surface area contributed by atoms with Crippen molar-refractivity contribution in [1.29, 1.82) is 0 Å². The van der Waals surface area contributed by atoms with Gasteiger partial charge in [0.15, 0.2) is 16.7 Å². The normalized spacial score (nSPS) is 11.7. The summed E-state index contributed by atoms with van der Waals surface area (Å²) >= 11 is 5.87. The number of sulfonamides is 1. The summed E-state index contributed by atoms with van der Waals surface area (Å²) in [5.41, 5.74) is 0. The highest BCUT2D eigenvalue weighted by atomic mass is 35.5. The Bertz CT molecular complexity index is 538. The Kier molecular flexibility index (Phi) is 6.44. The van der Waals surface area contributed by atoms with Crippen LogP contribution in [0.2, 0.25) is 5.15 Å². The molecule has 1 N–H and O–H groups in total. The molecular weight excluding hydrogens is 304 g/mol. The maximum atomic E-state index is 11.4. The molecule has 0 spiro atoms. The molecule has 0 aliphatic heterocycles. The lowest BCUT2D eigenvalue weighted by Gasteiger charge is -2.18. The molecule has 20 heavy (non-hydrogen) atoms. The van der Waals surface area contributed by atoms with E-state index < -0.39 is 10.0 Å². The molecule has 0 bridgehead atoms. The Labute approximate surface area is 124 Å². The van der Waals surface area contributed by atoms with Gasteiger partial charge in [0.05, 0.1) is 13.4 Å². The molecule has 0 atom stereocenters. The maximum absolute atomic E-state index is 11.4. The van der Waals surface area contributed by atoms with E-state index in [9.17, 15) is 8.42 Å². The van der Waals surface area contributed by atoms with E-state index >= 15 is 0 Å². The molecule has 7 nitrogen and oxygen atoms in total. The number of rotatable bonds is 8. The van der Waals surface area contributed by atoms with Crippen LogP contribution in [0.25, 0.3) is 0 Å². The van der Waals surface area contributed by atoms with Crippen LogP contribution in [0.15, 0.2) is 6.33 Å². The fourth-order valence-electron chi connectivity index (χ4n) is 1.68. The average molecular weight is 323 g/mol. The predicted octanol–water partition coefficient (Wildman–Crippen LogP) is 1.22. The molecule has 1 aromatic rings. The number of hydrogen-bond donors (Lipinski definition) is 1. The van der Waals surface area contributed by atoms with E-state index in [0.717, 1.165) is 0 Å². The molecule has 0 fully saturated rings. The number of nitrogens with zero attached hydrogens (tertiary/aromatic N) is 3. The van der Waals surface area contributed by atoms with Crippen LogP contribution >= 0.6 is 11.6 Å². The number of anilines is 1. The predicted molar refractivity (Wildman–Crippen MR) is 78.8 cm³/mol. The lowest BCUT2D eigenvalue weighted by Crippen LogP contribution is -2.31. The second kappa shape index (κ2) is 7.61. The molecule has 0 unspecified atom stereocenters. The van der Waals surface area contributed by atoms with E-state index in [1.165, 1.54) is 24.0 Å². The highest BCUT2D eigenvalue weighted by Crippen LogP contribution is 2.28. The van der Waals surface area contributed by atoms with E-state index in [1.54, 1.807) is 0 Å². The standard InChI is InChI=1S/C11H19ClN4O3S/c1-4-16(20(3,17)18)7-5-6-13-11-9(19-2)10(12)14-8-15-11/h8H,4-7H2,1-3H3,(H,13,14,15). The number of methoxy groups -OCH3 is 1. The molecule has 1 aromatic heterocycles. The van der Waals surface area contributed by atoms with Crippen molar-refractivity contribution in [3.63, 3.8) is 0 Å². The summed E-state index contributed by atoms with van der Waals surface area (Å²) in [6.45, 7) is 3.27. The SMILES string of the molecule is CCN(CCCNc1ncnc(Cl)c1OC)S(C)(=O)=O. The zero-order valence-electron chi connectivity index (χ0n) is 11.8. The molecule has 0 saturated heterocycles. The van der Waals surface area contributed by atoms with Crippen molar-refractivity contribution in [3.05, 3.63) is 11.5 Å². The summed E-state index contributed by atoms with van der Waals surface area (Å²) in [7, 11) is -1.66. The van der Waals surface area contributed by atoms with Crippen LogP contribution in [-0.2, 0) is 10.0 Å². The Morgan fingerprint density at radius 1 is 1.45 bits per heavy atom. The molecular formula is C11H19ClN4O3S. The zero-order chi connectivity index (χ0) is 15.2. The average Bonchev–Trinajstić information content (AvgIpc) is 2.37. The van der Waals surface area contributed by atoms with E-state index in [0.29, 0.717) is 37.6 Å². The third-order valence-electron chi connectivity index (χ3n) is 2.66. The molecule has 1 heterocycles. The van der Waals surface area contributed by atoms with Crippen molar-refractivity contribution in [2.45, 2.75) is 13.3 Å². The summed E-state index contributed by atoms with van der Waals surface area (Å²) in [5.74, 6) is 0.875. The van der Waals surface area contributed by atoms with Crippen molar-refractivity contribution in [1.82, 2.24) is 14.3 Å². The summed E-state index contributed by atoms with van der Waals surface area (Å²) in [5, 5.41) is 3.29. The van der Waals surface area contributed by atoms with Crippen LogP contribution in [0.1, 0.15) is 13.3 Å². The topological polar surface area (TPSA) is 84.4 Å². The van der Waals surface area contributed by atoms with Gasteiger partial charge < -0.3 is 10.1 Å². The quantitative estimate of drug-likeness (QED) is 0.572. The number of hydrogen-bond acceptors (Lipinski definition) is 6. The van der Waals surface area contributed by atoms with Crippen molar-refractivity contribution in [2.24, 2.45) is 0 Å². The zero-order valence-corrected chi connectivity index (χ0v) is 13.3. The largest absolute Gasteiger partial charge is 0.490 e. The highest BCUT2D eigenvalue weighted by molar-refractivity contribution is 7.88. The van der Waals surface area contributed by atoms with Crippen LogP contribution in [-0.4, -0.2) is 55.7 Å². The van der Waals surface area contributed by atoms with E-state index in [2.05, 4.69) is 15.3 Å². The molecule has 0 aliphatic rings. The van der Waals surface area contributed by atoms with E-state index in [1.807, 2.05) is 6.92 Å². The molecule has 0 saturated carbocycles. The van der Waals surface area contributed by atoms with Crippen LogP contribution in [0.5, 0.6) is 5.75 Å². The minimum absolute atomic E-state index is 0.233. The molecule has 114 valence electrons. The van der Waals surface area contributed by atoms with Gasteiger partial charge in [-0.2, -0.15) is 0 Å². The summed E-state index contributed by atoms with van der Waals surface area (Å²) in [6.07, 6.45) is 3.19. The third-order valence-corrected chi connectivity index (χ3v) is 4.31. The van der Waals surface area contributed by atoms with E-state index in [4.69, 9.17) is 16.3 Å². The Balaban J connectivity index is 2.51. The number of ether oxygens (including phenoxy) is 1. The maximum Gasteiger partial charge on any atom is 0.211 e. The van der Waals surface area contributed by atoms with Crippen molar-refractivity contribution >= 4 is 27.4 Å². The lowest BCUT2D eigenvalue weighted by molar-refractivity contribution is 0.412. The fraction of sp³-hybridized carbons (Fsp3) is 0.636. The van der Waals surface area contributed by atoms with Crippen LogP contribution in [0, 0.1) is 0 Å². The molecule has 0 amide bonds. The first-order valence-electron chi connectivity index (χ1n) is 6.13. The molecule has 0 aromatic carbocycles. The van der Waals surface area contributed by atoms with E-state index in [-0.39, 0.29) is 5.15 Å². The van der Waals surface area contributed by atoms with Gasteiger partial charge in [-0.25, -0.2) is 22.7 Å². The van der Waals surface area contributed by atoms with Crippen molar-refractivity contribution in [2.75, 3.05) is 38.3 Å². The monoisotopic (exact) mass is 322 g/mol. The first-order chi connectivity index (χ1) is 9.40. The van der Waals surface area contributed by atoms with Gasteiger partial charge >= 0.3 is 0 Å². The van der Waals surface area contributed by atoms with Gasteiger partial charge in [-0.1, -0.05) is 18.5 Å². The van der Waals surface area contributed by atoms with Crippen LogP contribution in [0.4, 0.5) is 5.82 Å². The van der Waals surface area contributed by atoms with Crippen molar-refractivity contribution in [3.8, 4) is 5.75 Å². The molecule has 0 aliphatic carbocycles. The van der Waals surface area contributed by atoms with Gasteiger partial charge in [0.1, 0.15) is 6.33 Å². The summed E-state index contributed by atoms with van der Waals surface area (Å²) in [6, 6.07) is 0. The smallest absolute Gasteiger partial charge is 0.211 e. The van der Waals surface area contributed by atoms with Crippen molar-refractivity contribution < 1.29 is 13.2 Å². The summed E-state index contributed by atoms with van der Waals surface area (Å²) < 4.78 is 29.4. The van der Waals surface area contributed by atoms with Gasteiger partial charge in [-0.05, 0) is 6.42 Å². The molecule has 9 heteroatoms. The van der Waals surface area contributed by atoms with Gasteiger partial charge in [0.2, 0.25) is 10.0 Å². The third kappa shape index (κ3) is 4.77. The first kappa shape index (κ1) is 16.9. The number of nitrogens with one attached hydrogen (secondary N) is 1. The fourth-order valence-corrected chi connectivity index (χ4v) is 2.82. The lowest BCUT2D eigenvalue weighted by atomic mass is 10.4. The Hall–Kier alpha value is -1.12. The Morgan fingerprint density at radius 3 is 2.70 bits per heavy atom. The second-order valence-electron chi connectivity index (χ2n) is 4.08. The van der Waals surface area contributed by atoms with Gasteiger partial charge in [-0.15, -0.1) is 0 Å². The number of aromatic nitrogens is 2. The minimum atomic E-state index is -3.15.